The van der Waals surface area contributed by atoms with Crippen LogP contribution in [0.2, 0.25) is 0 Å². The highest BCUT2D eigenvalue weighted by atomic mass is 19.1. The molecule has 0 aromatic heterocycles. The van der Waals surface area contributed by atoms with E-state index in [2.05, 4.69) is 0 Å². The molecule has 0 spiro atoms. The Kier molecular flexibility index (Phi) is 6.84. The third-order valence-electron chi connectivity index (χ3n) is 2.33. The van der Waals surface area contributed by atoms with Crippen molar-refractivity contribution in [3.63, 3.8) is 0 Å². The Labute approximate surface area is 111 Å². The molecule has 0 heterocycles. The molecule has 5 nitrogen and oxygen atoms in total. The Morgan fingerprint density at radius 1 is 1.26 bits per heavy atom. The van der Waals surface area contributed by atoms with E-state index in [0.29, 0.717) is 19.8 Å². The monoisotopic (exact) mass is 271 g/mol. The van der Waals surface area contributed by atoms with Crippen molar-refractivity contribution < 1.29 is 23.4 Å². The number of carbonyl (C=O) groups is 1. The molecule has 1 aromatic rings. The number of rotatable bonds is 8. The van der Waals surface area contributed by atoms with Crippen molar-refractivity contribution in [2.45, 2.75) is 6.42 Å². The Morgan fingerprint density at radius 3 is 2.74 bits per heavy atom. The van der Waals surface area contributed by atoms with E-state index in [1.54, 1.807) is 7.11 Å². The predicted molar refractivity (Wildman–Crippen MR) is 68.4 cm³/mol. The average Bonchev–Trinajstić information content (AvgIpc) is 2.40. The van der Waals surface area contributed by atoms with Gasteiger partial charge in [-0.1, -0.05) is 0 Å². The first-order valence-corrected chi connectivity index (χ1v) is 5.94. The summed E-state index contributed by atoms with van der Waals surface area (Å²) in [4.78, 5) is 11.6. The summed E-state index contributed by atoms with van der Waals surface area (Å²) in [7, 11) is 1.62. The van der Waals surface area contributed by atoms with Crippen LogP contribution in [0.3, 0.4) is 0 Å². The lowest BCUT2D eigenvalue weighted by Gasteiger charge is -2.06. The fourth-order valence-electron chi connectivity index (χ4n) is 1.35. The summed E-state index contributed by atoms with van der Waals surface area (Å²) in [5, 5.41) is 0. The van der Waals surface area contributed by atoms with Crippen LogP contribution in [0.4, 0.5) is 10.1 Å². The van der Waals surface area contributed by atoms with E-state index < -0.39 is 11.8 Å². The molecule has 0 unspecified atom stereocenters. The van der Waals surface area contributed by atoms with E-state index in [1.807, 2.05) is 0 Å². The van der Waals surface area contributed by atoms with Crippen LogP contribution in [-0.4, -0.2) is 39.5 Å². The lowest BCUT2D eigenvalue weighted by molar-refractivity contribution is 0.0288. The number of hydrogen-bond acceptors (Lipinski definition) is 5. The summed E-state index contributed by atoms with van der Waals surface area (Å²) >= 11 is 0. The van der Waals surface area contributed by atoms with Gasteiger partial charge in [0.25, 0.3) is 0 Å². The van der Waals surface area contributed by atoms with Gasteiger partial charge in [-0.05, 0) is 24.6 Å². The molecule has 0 aliphatic heterocycles. The summed E-state index contributed by atoms with van der Waals surface area (Å²) in [5.41, 5.74) is 5.50. The zero-order chi connectivity index (χ0) is 14.1. The molecular formula is C13H18FNO4. The zero-order valence-corrected chi connectivity index (χ0v) is 10.9. The predicted octanol–water partition coefficient (Wildman–Crippen LogP) is 1.62. The van der Waals surface area contributed by atoms with Gasteiger partial charge in [0, 0.05) is 20.3 Å². The number of ether oxygens (including phenoxy) is 3. The van der Waals surface area contributed by atoms with Gasteiger partial charge in [-0.2, -0.15) is 0 Å². The number of methoxy groups -OCH3 is 1. The molecule has 0 bridgehead atoms. The van der Waals surface area contributed by atoms with Crippen molar-refractivity contribution in [3.05, 3.63) is 29.6 Å². The molecule has 2 N–H and O–H groups in total. The second kappa shape index (κ2) is 8.44. The van der Waals surface area contributed by atoms with Crippen LogP contribution < -0.4 is 5.73 Å². The molecule has 0 aliphatic carbocycles. The highest BCUT2D eigenvalue weighted by molar-refractivity contribution is 5.90. The highest BCUT2D eigenvalue weighted by Crippen LogP contribution is 2.12. The van der Waals surface area contributed by atoms with Crippen LogP contribution in [0.15, 0.2) is 18.2 Å². The maximum atomic E-state index is 12.9. The van der Waals surface area contributed by atoms with E-state index in [0.717, 1.165) is 12.5 Å². The van der Waals surface area contributed by atoms with Crippen molar-refractivity contribution in [3.8, 4) is 0 Å². The molecule has 0 saturated heterocycles. The number of anilines is 1. The van der Waals surface area contributed by atoms with Crippen LogP contribution in [0.25, 0.3) is 0 Å². The van der Waals surface area contributed by atoms with Crippen LogP contribution in [-0.2, 0) is 14.2 Å². The van der Waals surface area contributed by atoms with Gasteiger partial charge in [-0.25, -0.2) is 9.18 Å². The van der Waals surface area contributed by atoms with Crippen molar-refractivity contribution >= 4 is 11.7 Å². The fraction of sp³-hybridized carbons (Fsp3) is 0.462. The Bertz CT molecular complexity index is 412. The molecule has 0 saturated carbocycles. The second-order valence-corrected chi connectivity index (χ2v) is 3.83. The third-order valence-corrected chi connectivity index (χ3v) is 2.33. The Hall–Kier alpha value is -1.66. The summed E-state index contributed by atoms with van der Waals surface area (Å²) in [6.07, 6.45) is 0.791. The van der Waals surface area contributed by atoms with Gasteiger partial charge < -0.3 is 19.9 Å². The molecule has 6 heteroatoms. The minimum atomic E-state index is -0.557. The summed E-state index contributed by atoms with van der Waals surface area (Å²) < 4.78 is 27.9. The first-order valence-electron chi connectivity index (χ1n) is 5.94. The Morgan fingerprint density at radius 2 is 2.05 bits per heavy atom. The van der Waals surface area contributed by atoms with E-state index in [9.17, 15) is 9.18 Å². The molecule has 1 aromatic carbocycles. The molecule has 0 radical (unpaired) electrons. The van der Waals surface area contributed by atoms with Crippen LogP contribution in [0, 0.1) is 5.82 Å². The van der Waals surface area contributed by atoms with E-state index in [-0.39, 0.29) is 17.9 Å². The molecule has 0 aliphatic rings. The van der Waals surface area contributed by atoms with E-state index in [1.165, 1.54) is 12.1 Å². The third kappa shape index (κ3) is 5.67. The standard InChI is InChI=1S/C13H18FNO4/c1-17-5-2-6-18-7-8-19-13(16)10-3-4-11(14)12(15)9-10/h3-4,9H,2,5-8,15H2,1H3. The Balaban J connectivity index is 2.22. The zero-order valence-electron chi connectivity index (χ0n) is 10.9. The van der Waals surface area contributed by atoms with Gasteiger partial charge in [-0.3, -0.25) is 0 Å². The second-order valence-electron chi connectivity index (χ2n) is 3.83. The topological polar surface area (TPSA) is 70.8 Å². The number of esters is 1. The van der Waals surface area contributed by atoms with Gasteiger partial charge in [0.15, 0.2) is 0 Å². The van der Waals surface area contributed by atoms with Crippen LogP contribution in [0.5, 0.6) is 0 Å². The molecule has 0 atom stereocenters. The lowest BCUT2D eigenvalue weighted by Crippen LogP contribution is -2.12. The number of carbonyl (C=O) groups excluding carboxylic acids is 1. The maximum absolute atomic E-state index is 12.9. The molecule has 1 rings (SSSR count). The first-order chi connectivity index (χ1) is 9.15. The van der Waals surface area contributed by atoms with Gasteiger partial charge in [0.2, 0.25) is 0 Å². The minimum Gasteiger partial charge on any atom is -0.460 e. The number of nitrogens with two attached hydrogens (primary N) is 1. The molecule has 106 valence electrons. The number of benzene rings is 1. The quantitative estimate of drug-likeness (QED) is 0.442. The average molecular weight is 271 g/mol. The van der Waals surface area contributed by atoms with Crippen molar-refractivity contribution in [2.24, 2.45) is 0 Å². The highest BCUT2D eigenvalue weighted by Gasteiger charge is 2.09. The normalized spacial score (nSPS) is 10.4. The molecule has 0 fully saturated rings. The van der Waals surface area contributed by atoms with E-state index in [4.69, 9.17) is 19.9 Å². The molecule has 19 heavy (non-hydrogen) atoms. The van der Waals surface area contributed by atoms with Gasteiger partial charge >= 0.3 is 5.97 Å². The van der Waals surface area contributed by atoms with Gasteiger partial charge in [0.1, 0.15) is 12.4 Å². The smallest absolute Gasteiger partial charge is 0.338 e. The largest absolute Gasteiger partial charge is 0.460 e. The summed E-state index contributed by atoms with van der Waals surface area (Å²) in [5.74, 6) is -1.11. The molecular weight excluding hydrogens is 253 g/mol. The van der Waals surface area contributed by atoms with Crippen molar-refractivity contribution in [2.75, 3.05) is 39.3 Å². The lowest BCUT2D eigenvalue weighted by atomic mass is 10.2. The van der Waals surface area contributed by atoms with Gasteiger partial charge in [0.05, 0.1) is 17.9 Å². The van der Waals surface area contributed by atoms with Crippen LogP contribution in [0.1, 0.15) is 16.8 Å². The number of hydrogen-bond donors (Lipinski definition) is 1. The maximum Gasteiger partial charge on any atom is 0.338 e. The van der Waals surface area contributed by atoms with E-state index >= 15 is 0 Å². The first kappa shape index (κ1) is 15.4. The van der Waals surface area contributed by atoms with Crippen molar-refractivity contribution in [1.29, 1.82) is 0 Å². The number of nitrogen functional groups attached to an aromatic ring is 1. The molecule has 0 amide bonds. The summed E-state index contributed by atoms with van der Waals surface area (Å²) in [6, 6.07) is 3.71. The van der Waals surface area contributed by atoms with Crippen molar-refractivity contribution in [1.82, 2.24) is 0 Å². The number of halogens is 1. The summed E-state index contributed by atoms with van der Waals surface area (Å²) in [6.45, 7) is 1.64. The minimum absolute atomic E-state index is 0.0785. The van der Waals surface area contributed by atoms with Crippen LogP contribution >= 0.6 is 0 Å². The van der Waals surface area contributed by atoms with Gasteiger partial charge in [-0.15, -0.1) is 0 Å². The fourth-order valence-corrected chi connectivity index (χ4v) is 1.35. The SMILES string of the molecule is COCCCOCCOC(=O)c1ccc(F)c(N)c1.